The third kappa shape index (κ3) is 1.65. The van der Waals surface area contributed by atoms with Crippen LogP contribution in [0.1, 0.15) is 4.88 Å². The Kier molecular flexibility index (Phi) is 2.29. The zero-order valence-electron chi connectivity index (χ0n) is 7.42. The monoisotopic (exact) mass is 211 g/mol. The largest absolute Gasteiger partial charge is 0.244 e. The van der Waals surface area contributed by atoms with Crippen LogP contribution in [0.25, 0.3) is 10.6 Å². The second-order valence-electron chi connectivity index (χ2n) is 2.90. The van der Waals surface area contributed by atoms with E-state index in [-0.39, 0.29) is 0 Å². The van der Waals surface area contributed by atoms with Crippen LogP contribution in [-0.4, -0.2) is 4.98 Å². The van der Waals surface area contributed by atoms with Crippen LogP contribution in [0.2, 0.25) is 0 Å². The molecule has 0 aliphatic heterocycles. The van der Waals surface area contributed by atoms with Crippen molar-refractivity contribution in [3.05, 3.63) is 40.9 Å². The smallest absolute Gasteiger partial charge is 0.136 e. The van der Waals surface area contributed by atoms with Crippen LogP contribution in [-0.2, 0) is 0 Å². The second kappa shape index (κ2) is 3.46. The van der Waals surface area contributed by atoms with Crippen molar-refractivity contribution in [1.29, 1.82) is 0 Å². The molecule has 0 fully saturated rings. The first-order valence-corrected chi connectivity index (χ1v) is 4.86. The Morgan fingerprint density at radius 1 is 1.29 bits per heavy atom. The summed E-state index contributed by atoms with van der Waals surface area (Å²) in [5.74, 6) is -1.14. The van der Waals surface area contributed by atoms with Crippen LogP contribution in [0.4, 0.5) is 8.78 Å². The van der Waals surface area contributed by atoms with Gasteiger partial charge in [-0.05, 0) is 19.1 Å². The summed E-state index contributed by atoms with van der Waals surface area (Å²) in [6.07, 6.45) is 1.67. The first-order chi connectivity index (χ1) is 6.66. The summed E-state index contributed by atoms with van der Waals surface area (Å²) < 4.78 is 25.9. The van der Waals surface area contributed by atoms with Crippen molar-refractivity contribution < 1.29 is 8.78 Å². The van der Waals surface area contributed by atoms with Crippen molar-refractivity contribution in [1.82, 2.24) is 4.98 Å². The van der Waals surface area contributed by atoms with E-state index in [0.717, 1.165) is 10.9 Å². The van der Waals surface area contributed by atoms with Crippen LogP contribution in [0, 0.1) is 18.6 Å². The Balaban J connectivity index is 2.52. The number of hydrogen-bond acceptors (Lipinski definition) is 2. The van der Waals surface area contributed by atoms with Gasteiger partial charge in [0, 0.05) is 22.7 Å². The Bertz CT molecular complexity index is 465. The lowest BCUT2D eigenvalue weighted by atomic mass is 10.2. The van der Waals surface area contributed by atoms with Crippen LogP contribution in [0.3, 0.4) is 0 Å². The van der Waals surface area contributed by atoms with E-state index >= 15 is 0 Å². The van der Waals surface area contributed by atoms with Gasteiger partial charge in [0.2, 0.25) is 0 Å². The third-order valence-electron chi connectivity index (χ3n) is 1.78. The van der Waals surface area contributed by atoms with Crippen LogP contribution in [0.5, 0.6) is 0 Å². The minimum Gasteiger partial charge on any atom is -0.244 e. The molecule has 1 aromatic heterocycles. The quantitative estimate of drug-likeness (QED) is 0.704. The fraction of sp³-hybridized carbons (Fsp3) is 0.100. The summed E-state index contributed by atoms with van der Waals surface area (Å²) in [5.41, 5.74) is 0.351. The molecule has 2 rings (SSSR count). The lowest BCUT2D eigenvalue weighted by Crippen LogP contribution is -1.84. The predicted octanol–water partition coefficient (Wildman–Crippen LogP) is 3.40. The number of rotatable bonds is 1. The first-order valence-electron chi connectivity index (χ1n) is 4.04. The SMILES string of the molecule is Cc1cnc(-c2ccc(F)cc2F)s1. The standard InChI is InChI=1S/C10H7F2NS/c1-6-5-13-10(14-6)8-3-2-7(11)4-9(8)12/h2-5H,1H3. The fourth-order valence-corrected chi connectivity index (χ4v) is 1.93. The summed E-state index contributed by atoms with van der Waals surface area (Å²) >= 11 is 1.39. The van der Waals surface area contributed by atoms with E-state index in [9.17, 15) is 8.78 Å². The molecule has 0 N–H and O–H groups in total. The molecule has 1 aromatic carbocycles. The van der Waals surface area contributed by atoms with Crippen molar-refractivity contribution in [3.8, 4) is 10.6 Å². The van der Waals surface area contributed by atoms with Gasteiger partial charge in [-0.15, -0.1) is 11.3 Å². The molecule has 1 heterocycles. The molecule has 0 amide bonds. The van der Waals surface area contributed by atoms with Crippen molar-refractivity contribution in [2.45, 2.75) is 6.92 Å². The summed E-state index contributed by atoms with van der Waals surface area (Å²) in [4.78, 5) is 5.04. The molecule has 1 nitrogen and oxygen atoms in total. The fourth-order valence-electron chi connectivity index (χ4n) is 1.14. The Morgan fingerprint density at radius 2 is 2.07 bits per heavy atom. The number of aryl methyl sites for hydroxylation is 1. The highest BCUT2D eigenvalue weighted by atomic mass is 32.1. The highest BCUT2D eigenvalue weighted by molar-refractivity contribution is 7.14. The molecule has 0 unspecified atom stereocenters. The van der Waals surface area contributed by atoms with Gasteiger partial charge < -0.3 is 0 Å². The second-order valence-corrected chi connectivity index (χ2v) is 4.14. The van der Waals surface area contributed by atoms with Crippen LogP contribution in [0.15, 0.2) is 24.4 Å². The average molecular weight is 211 g/mol. The van der Waals surface area contributed by atoms with Crippen molar-refractivity contribution in [2.75, 3.05) is 0 Å². The number of thiazole rings is 1. The van der Waals surface area contributed by atoms with Crippen molar-refractivity contribution >= 4 is 11.3 Å². The number of nitrogens with zero attached hydrogens (tertiary/aromatic N) is 1. The van der Waals surface area contributed by atoms with Crippen molar-refractivity contribution in [3.63, 3.8) is 0 Å². The number of benzene rings is 1. The molecule has 0 atom stereocenters. The number of aromatic nitrogens is 1. The van der Waals surface area contributed by atoms with Crippen LogP contribution >= 0.6 is 11.3 Å². The summed E-state index contributed by atoms with van der Waals surface area (Å²) in [6.45, 7) is 1.89. The lowest BCUT2D eigenvalue weighted by Gasteiger charge is -1.97. The molecule has 0 saturated heterocycles. The molecule has 0 bridgehead atoms. The lowest BCUT2D eigenvalue weighted by molar-refractivity contribution is 0.585. The van der Waals surface area contributed by atoms with Gasteiger partial charge >= 0.3 is 0 Å². The normalized spacial score (nSPS) is 10.5. The van der Waals surface area contributed by atoms with E-state index in [1.54, 1.807) is 6.20 Å². The van der Waals surface area contributed by atoms with Gasteiger partial charge in [-0.25, -0.2) is 13.8 Å². The van der Waals surface area contributed by atoms with Gasteiger partial charge in [-0.1, -0.05) is 0 Å². The minimum atomic E-state index is -0.570. The molecule has 0 spiro atoms. The zero-order chi connectivity index (χ0) is 10.1. The van der Waals surface area contributed by atoms with Gasteiger partial charge in [-0.3, -0.25) is 0 Å². The summed E-state index contributed by atoms with van der Waals surface area (Å²) in [5, 5.41) is 0.583. The molecule has 0 aliphatic carbocycles. The van der Waals surface area contributed by atoms with E-state index in [0.29, 0.717) is 10.6 Å². The van der Waals surface area contributed by atoms with Gasteiger partial charge in [0.05, 0.1) is 0 Å². The Labute approximate surface area is 84.0 Å². The van der Waals surface area contributed by atoms with E-state index in [1.165, 1.54) is 23.5 Å². The molecule has 14 heavy (non-hydrogen) atoms. The third-order valence-corrected chi connectivity index (χ3v) is 2.73. The molecular weight excluding hydrogens is 204 g/mol. The number of halogens is 2. The maximum Gasteiger partial charge on any atom is 0.136 e. The molecular formula is C10H7F2NS. The van der Waals surface area contributed by atoms with Crippen molar-refractivity contribution in [2.24, 2.45) is 0 Å². The maximum atomic E-state index is 13.3. The molecule has 0 saturated carbocycles. The maximum absolute atomic E-state index is 13.3. The molecule has 2 aromatic rings. The van der Waals surface area contributed by atoms with E-state index in [1.807, 2.05) is 6.92 Å². The van der Waals surface area contributed by atoms with E-state index in [4.69, 9.17) is 0 Å². The van der Waals surface area contributed by atoms with E-state index in [2.05, 4.69) is 4.98 Å². The summed E-state index contributed by atoms with van der Waals surface area (Å²) in [7, 11) is 0. The minimum absolute atomic E-state index is 0.351. The highest BCUT2D eigenvalue weighted by Crippen LogP contribution is 2.27. The van der Waals surface area contributed by atoms with Crippen LogP contribution < -0.4 is 0 Å². The zero-order valence-corrected chi connectivity index (χ0v) is 8.24. The topological polar surface area (TPSA) is 12.9 Å². The van der Waals surface area contributed by atoms with Gasteiger partial charge in [0.1, 0.15) is 16.6 Å². The van der Waals surface area contributed by atoms with Gasteiger partial charge in [0.15, 0.2) is 0 Å². The summed E-state index contributed by atoms with van der Waals surface area (Å²) in [6, 6.07) is 3.50. The molecule has 0 aliphatic rings. The number of hydrogen-bond donors (Lipinski definition) is 0. The Hall–Kier alpha value is -1.29. The molecule has 0 radical (unpaired) electrons. The molecule has 72 valence electrons. The van der Waals surface area contributed by atoms with E-state index < -0.39 is 11.6 Å². The Morgan fingerprint density at radius 3 is 2.64 bits per heavy atom. The predicted molar refractivity (Wildman–Crippen MR) is 52.2 cm³/mol. The average Bonchev–Trinajstić information content (AvgIpc) is 2.51. The molecule has 4 heteroatoms. The van der Waals surface area contributed by atoms with Gasteiger partial charge in [-0.2, -0.15) is 0 Å². The van der Waals surface area contributed by atoms with Gasteiger partial charge in [0.25, 0.3) is 0 Å². The first kappa shape index (κ1) is 9.27. The highest BCUT2D eigenvalue weighted by Gasteiger charge is 2.08.